The predicted molar refractivity (Wildman–Crippen MR) is 150 cm³/mol. The van der Waals surface area contributed by atoms with Gasteiger partial charge in [0.15, 0.2) is 0 Å². The number of fused-ring (bicyclic) bond motifs is 1. The second kappa shape index (κ2) is 11.4. The highest BCUT2D eigenvalue weighted by Crippen LogP contribution is 2.40. The fraction of sp³-hybridized carbons (Fsp3) is 0.333. The molecule has 1 amide bonds. The molecule has 1 fully saturated rings. The number of amides is 1. The molecular weight excluding hydrogens is 496 g/mol. The van der Waals surface area contributed by atoms with Gasteiger partial charge in [0.25, 0.3) is 0 Å². The number of carbonyl (C=O) groups is 2. The van der Waals surface area contributed by atoms with Gasteiger partial charge in [0.2, 0.25) is 5.91 Å². The third-order valence-electron chi connectivity index (χ3n) is 7.75. The maximum absolute atomic E-state index is 13.9. The molecule has 204 valence electrons. The van der Waals surface area contributed by atoms with Crippen LogP contribution < -0.4 is 16.0 Å². The molecule has 0 bridgehead atoms. The molecule has 5 rings (SSSR count). The maximum Gasteiger partial charge on any atom is 0.335 e. The molecule has 2 atom stereocenters. The Balaban J connectivity index is 1.49. The Morgan fingerprint density at radius 3 is 2.33 bits per heavy atom. The monoisotopic (exact) mass is 530 g/mol. The molecule has 2 aliphatic rings. The van der Waals surface area contributed by atoms with Crippen molar-refractivity contribution in [1.29, 1.82) is 0 Å². The predicted octanol–water partition coefficient (Wildman–Crippen LogP) is 3.81. The number of nitrogens with zero attached hydrogens (tertiary/aromatic N) is 2. The molecule has 5 N–H and O–H groups in total. The minimum absolute atomic E-state index is 0.137. The molecule has 0 saturated carbocycles. The van der Waals surface area contributed by atoms with Crippen LogP contribution in [0.3, 0.4) is 0 Å². The zero-order chi connectivity index (χ0) is 27.5. The van der Waals surface area contributed by atoms with Gasteiger partial charge in [-0.05, 0) is 78.4 Å². The first-order chi connectivity index (χ1) is 18.9. The Labute approximate surface area is 227 Å². The number of rotatable bonds is 7. The number of aliphatic hydroxyl groups is 1. The van der Waals surface area contributed by atoms with E-state index >= 15 is 0 Å². The van der Waals surface area contributed by atoms with Crippen molar-refractivity contribution >= 4 is 28.9 Å². The van der Waals surface area contributed by atoms with Crippen LogP contribution >= 0.6 is 0 Å². The first kappa shape index (κ1) is 26.7. The molecule has 2 heterocycles. The largest absolute Gasteiger partial charge is 0.478 e. The van der Waals surface area contributed by atoms with E-state index < -0.39 is 18.2 Å². The number of hydrogen-bond donors (Lipinski definition) is 4. The van der Waals surface area contributed by atoms with Crippen LogP contribution in [-0.2, 0) is 16.0 Å². The SMILES string of the molecule is COC1CCN(c2cccc3c2CCN(C(O)c2ccc(N)cc2)C3C(=O)Nc2ccc(C(=O)O)cc2)CC1. The lowest BCUT2D eigenvalue weighted by Crippen LogP contribution is -2.45. The van der Waals surface area contributed by atoms with Crippen LogP contribution in [0.1, 0.15) is 52.2 Å². The number of carboxylic acid groups (broad SMARTS) is 1. The van der Waals surface area contributed by atoms with Crippen LogP contribution in [0.2, 0.25) is 0 Å². The van der Waals surface area contributed by atoms with E-state index in [1.165, 1.54) is 12.1 Å². The Morgan fingerprint density at radius 2 is 1.69 bits per heavy atom. The molecule has 0 radical (unpaired) electrons. The first-order valence-corrected chi connectivity index (χ1v) is 13.2. The van der Waals surface area contributed by atoms with Crippen molar-refractivity contribution in [3.63, 3.8) is 0 Å². The van der Waals surface area contributed by atoms with Crippen molar-refractivity contribution in [2.45, 2.75) is 37.6 Å². The third kappa shape index (κ3) is 5.61. The van der Waals surface area contributed by atoms with Crippen molar-refractivity contribution in [2.75, 3.05) is 42.7 Å². The average molecular weight is 531 g/mol. The van der Waals surface area contributed by atoms with E-state index in [0.717, 1.165) is 42.7 Å². The lowest BCUT2D eigenvalue weighted by Gasteiger charge is -2.42. The normalized spacial score (nSPS) is 18.8. The van der Waals surface area contributed by atoms with Crippen LogP contribution in [0.4, 0.5) is 17.1 Å². The zero-order valence-corrected chi connectivity index (χ0v) is 21.9. The summed E-state index contributed by atoms with van der Waals surface area (Å²) < 4.78 is 5.55. The molecule has 0 spiro atoms. The summed E-state index contributed by atoms with van der Waals surface area (Å²) in [7, 11) is 1.75. The Morgan fingerprint density at radius 1 is 1.00 bits per heavy atom. The number of aromatic carboxylic acids is 1. The number of benzene rings is 3. The summed E-state index contributed by atoms with van der Waals surface area (Å²) in [6.07, 6.45) is 1.80. The van der Waals surface area contributed by atoms with Gasteiger partial charge in [-0.2, -0.15) is 0 Å². The van der Waals surface area contributed by atoms with E-state index in [0.29, 0.717) is 29.9 Å². The lowest BCUT2D eigenvalue weighted by atomic mass is 9.88. The fourth-order valence-electron chi connectivity index (χ4n) is 5.62. The highest BCUT2D eigenvalue weighted by Gasteiger charge is 2.38. The molecule has 2 unspecified atom stereocenters. The van der Waals surface area contributed by atoms with E-state index in [4.69, 9.17) is 10.5 Å². The van der Waals surface area contributed by atoms with Crippen LogP contribution in [0.25, 0.3) is 0 Å². The molecule has 9 nitrogen and oxygen atoms in total. The van der Waals surface area contributed by atoms with Gasteiger partial charge < -0.3 is 30.9 Å². The van der Waals surface area contributed by atoms with Crippen molar-refractivity contribution in [3.05, 3.63) is 89.0 Å². The number of methoxy groups -OCH3 is 1. The number of nitrogens with two attached hydrogens (primary N) is 1. The minimum atomic E-state index is -1.03. The van der Waals surface area contributed by atoms with Crippen molar-refractivity contribution in [3.8, 4) is 0 Å². The fourth-order valence-corrected chi connectivity index (χ4v) is 5.62. The quantitative estimate of drug-likeness (QED) is 0.340. The van der Waals surface area contributed by atoms with Gasteiger partial charge in [-0.1, -0.05) is 24.3 Å². The van der Waals surface area contributed by atoms with E-state index in [-0.39, 0.29) is 17.6 Å². The van der Waals surface area contributed by atoms with Gasteiger partial charge in [0.05, 0.1) is 11.7 Å². The second-order valence-electron chi connectivity index (χ2n) is 10.1. The maximum atomic E-state index is 13.9. The van der Waals surface area contributed by atoms with E-state index in [1.54, 1.807) is 48.4 Å². The number of carboxylic acids is 1. The number of piperidine rings is 1. The number of carbonyl (C=O) groups excluding carboxylic acids is 1. The third-order valence-corrected chi connectivity index (χ3v) is 7.75. The number of anilines is 3. The van der Waals surface area contributed by atoms with Crippen LogP contribution in [0, 0.1) is 0 Å². The smallest absolute Gasteiger partial charge is 0.335 e. The molecule has 0 aliphatic carbocycles. The number of nitrogens with one attached hydrogen (secondary N) is 1. The summed E-state index contributed by atoms with van der Waals surface area (Å²) >= 11 is 0. The van der Waals surface area contributed by atoms with Crippen LogP contribution in [0.5, 0.6) is 0 Å². The van der Waals surface area contributed by atoms with Gasteiger partial charge >= 0.3 is 5.97 Å². The van der Waals surface area contributed by atoms with Crippen LogP contribution in [-0.4, -0.2) is 59.8 Å². The van der Waals surface area contributed by atoms with Gasteiger partial charge in [-0.3, -0.25) is 9.69 Å². The molecule has 3 aromatic carbocycles. The second-order valence-corrected chi connectivity index (χ2v) is 10.1. The lowest BCUT2D eigenvalue weighted by molar-refractivity contribution is -0.128. The summed E-state index contributed by atoms with van der Waals surface area (Å²) in [5.74, 6) is -1.34. The molecule has 39 heavy (non-hydrogen) atoms. The molecule has 1 saturated heterocycles. The summed E-state index contributed by atoms with van der Waals surface area (Å²) in [4.78, 5) is 29.3. The van der Waals surface area contributed by atoms with Crippen molar-refractivity contribution in [1.82, 2.24) is 4.90 Å². The van der Waals surface area contributed by atoms with E-state index in [2.05, 4.69) is 16.3 Å². The topological polar surface area (TPSA) is 128 Å². The summed E-state index contributed by atoms with van der Waals surface area (Å²) in [6.45, 7) is 2.22. The molecule has 2 aliphatic heterocycles. The molecule has 9 heteroatoms. The Bertz CT molecular complexity index is 1320. The molecular formula is C30H34N4O5. The number of nitrogen functional groups attached to an aromatic ring is 1. The van der Waals surface area contributed by atoms with Gasteiger partial charge in [-0.15, -0.1) is 0 Å². The minimum Gasteiger partial charge on any atom is -0.478 e. The van der Waals surface area contributed by atoms with Crippen molar-refractivity contribution < 1.29 is 24.5 Å². The number of ether oxygens (including phenoxy) is 1. The standard InChI is InChI=1S/C30H34N4O5/c1-39-23-13-16-33(17-14-23)26-4-2-3-25-24(26)15-18-34(29(36)19-5-9-21(31)10-6-19)27(25)28(35)32-22-11-7-20(8-12-22)30(37)38/h2-12,23,27,29,36H,13-18,31H2,1H3,(H,32,35)(H,37,38). The molecule has 0 aromatic heterocycles. The number of aliphatic hydroxyl groups excluding tert-OH is 1. The van der Waals surface area contributed by atoms with Crippen molar-refractivity contribution in [2.24, 2.45) is 0 Å². The highest BCUT2D eigenvalue weighted by molar-refractivity contribution is 5.97. The number of hydrogen-bond acceptors (Lipinski definition) is 7. The van der Waals surface area contributed by atoms with Gasteiger partial charge in [-0.25, -0.2) is 4.79 Å². The van der Waals surface area contributed by atoms with Crippen LogP contribution in [0.15, 0.2) is 66.7 Å². The molecule has 3 aromatic rings. The summed E-state index contributed by atoms with van der Waals surface area (Å²) in [5.41, 5.74) is 10.8. The van der Waals surface area contributed by atoms with E-state index in [1.807, 2.05) is 12.1 Å². The highest BCUT2D eigenvalue weighted by atomic mass is 16.5. The zero-order valence-electron chi connectivity index (χ0n) is 21.9. The van der Waals surface area contributed by atoms with E-state index in [9.17, 15) is 19.8 Å². The first-order valence-electron chi connectivity index (χ1n) is 13.2. The summed E-state index contributed by atoms with van der Waals surface area (Å²) in [5, 5.41) is 23.6. The van der Waals surface area contributed by atoms with Gasteiger partial charge in [0.1, 0.15) is 12.3 Å². The van der Waals surface area contributed by atoms with Gasteiger partial charge in [0, 0.05) is 43.8 Å². The summed E-state index contributed by atoms with van der Waals surface area (Å²) in [6, 6.07) is 18.3. The Kier molecular flexibility index (Phi) is 7.83. The average Bonchev–Trinajstić information content (AvgIpc) is 2.96. The Hall–Kier alpha value is -3.92.